The van der Waals surface area contributed by atoms with E-state index in [0.29, 0.717) is 16.3 Å². The van der Waals surface area contributed by atoms with Crippen LogP contribution in [0.4, 0.5) is 0 Å². The molecule has 0 aromatic heterocycles. The molecule has 0 saturated carbocycles. The first kappa shape index (κ1) is 44.0. The highest BCUT2D eigenvalue weighted by atomic mass is 35.5. The monoisotopic (exact) mass is 798 g/mol. The fourth-order valence-electron chi connectivity index (χ4n) is 6.32. The standard InChI is InChI=1S/C41H51ClN2O12/c1-7-18-52-35(46)22-28-23-43-38(47)30(21-26-16-17-32(50-5)29(42)20-26)44-34(45)15-11-14-31(53-40(49)33(19-24(2)3)54-39(28)48)25(4)36-37(56-41(51-6)55-36)27-12-9-8-10-13-27/h7-13,15-17,20,24-25,28,30-31,33,36-37,41H,1,14,18-19,21-23H2,2-6H3,(H,43,47)(H,44,45)/b15-11+/t25-,28+,30+,31-,33-,36+,37+,41?/m0/s1. The maximum atomic E-state index is 14.0. The minimum absolute atomic E-state index is 0.0138. The first-order valence-corrected chi connectivity index (χ1v) is 18.8. The van der Waals surface area contributed by atoms with E-state index < -0.39 is 84.9 Å². The second kappa shape index (κ2) is 21.5. The molecule has 4 rings (SSSR count). The van der Waals surface area contributed by atoms with Crippen LogP contribution < -0.4 is 15.4 Å². The number of methoxy groups -OCH3 is 2. The molecule has 1 fully saturated rings. The van der Waals surface area contributed by atoms with Crippen molar-refractivity contribution in [2.75, 3.05) is 27.4 Å². The number of halogens is 1. The zero-order chi connectivity index (χ0) is 40.8. The molecule has 2 heterocycles. The number of nitrogens with one attached hydrogen (secondary N) is 2. The topological polar surface area (TPSA) is 174 Å². The fourth-order valence-corrected chi connectivity index (χ4v) is 6.60. The van der Waals surface area contributed by atoms with Gasteiger partial charge in [-0.3, -0.25) is 19.2 Å². The summed E-state index contributed by atoms with van der Waals surface area (Å²) in [4.78, 5) is 67.6. The van der Waals surface area contributed by atoms with E-state index in [4.69, 9.17) is 44.8 Å². The zero-order valence-corrected chi connectivity index (χ0v) is 33.0. The summed E-state index contributed by atoms with van der Waals surface area (Å²) in [5.74, 6) is -5.29. The summed E-state index contributed by atoms with van der Waals surface area (Å²) in [6.07, 6.45) is 0.253. The van der Waals surface area contributed by atoms with Gasteiger partial charge in [0.15, 0.2) is 6.10 Å². The molecule has 2 aromatic rings. The van der Waals surface area contributed by atoms with Crippen LogP contribution in [0.5, 0.6) is 5.75 Å². The fraction of sp³-hybridized carbons (Fsp3) is 0.488. The van der Waals surface area contributed by atoms with E-state index in [9.17, 15) is 24.0 Å². The summed E-state index contributed by atoms with van der Waals surface area (Å²) in [5, 5.41) is 5.69. The van der Waals surface area contributed by atoms with E-state index in [2.05, 4.69) is 17.2 Å². The van der Waals surface area contributed by atoms with Gasteiger partial charge in [0.2, 0.25) is 11.8 Å². The number of esters is 3. The van der Waals surface area contributed by atoms with E-state index in [-0.39, 0.29) is 38.3 Å². The maximum Gasteiger partial charge on any atom is 0.347 e. The van der Waals surface area contributed by atoms with E-state index >= 15 is 0 Å². The molecule has 14 nitrogen and oxygen atoms in total. The molecule has 0 aliphatic carbocycles. The number of amides is 2. The first-order valence-electron chi connectivity index (χ1n) is 18.5. The van der Waals surface area contributed by atoms with Gasteiger partial charge in [0, 0.05) is 32.4 Å². The van der Waals surface area contributed by atoms with Crippen LogP contribution in [-0.4, -0.2) is 87.9 Å². The van der Waals surface area contributed by atoms with Gasteiger partial charge < -0.3 is 43.8 Å². The lowest BCUT2D eigenvalue weighted by atomic mass is 9.89. The molecule has 0 radical (unpaired) electrons. The van der Waals surface area contributed by atoms with Crippen LogP contribution in [0.3, 0.4) is 0 Å². The summed E-state index contributed by atoms with van der Waals surface area (Å²) >= 11 is 6.35. The molecular formula is C41H51ClN2O12. The molecule has 8 atom stereocenters. The number of hydrogen-bond acceptors (Lipinski definition) is 12. The summed E-state index contributed by atoms with van der Waals surface area (Å²) in [6, 6.07) is 13.2. The molecule has 15 heteroatoms. The Labute approximate surface area is 332 Å². The predicted octanol–water partition coefficient (Wildman–Crippen LogP) is 4.78. The largest absolute Gasteiger partial charge is 0.495 e. The predicted molar refractivity (Wildman–Crippen MR) is 204 cm³/mol. The smallest absolute Gasteiger partial charge is 0.347 e. The maximum absolute atomic E-state index is 14.0. The first-order chi connectivity index (χ1) is 26.8. The molecular weight excluding hydrogens is 748 g/mol. The van der Waals surface area contributed by atoms with Crippen LogP contribution in [0.2, 0.25) is 5.02 Å². The van der Waals surface area contributed by atoms with E-state index in [1.165, 1.54) is 32.4 Å². The van der Waals surface area contributed by atoms with E-state index in [0.717, 1.165) is 5.56 Å². The Hall–Kier alpha value is -4.76. The molecule has 304 valence electrons. The molecule has 2 N–H and O–H groups in total. The van der Waals surface area contributed by atoms with Gasteiger partial charge in [-0.1, -0.05) is 87.5 Å². The normalized spacial score (nSPS) is 26.3. The van der Waals surface area contributed by atoms with Crippen molar-refractivity contribution in [2.45, 2.75) is 83.4 Å². The SMILES string of the molecule is C=CCOC(=O)C[C@@H]1CNC(=O)[C@@H](Cc2ccc(OC)c(Cl)c2)NC(=O)/C=C/C[C@@H]([C@H](C)[C@H]2OC(OC)O[C@@H]2c2ccccc2)OC(=O)[C@H](CC(C)C)OC1=O. The lowest BCUT2D eigenvalue weighted by Crippen LogP contribution is -2.49. The van der Waals surface area contributed by atoms with Crippen molar-refractivity contribution in [2.24, 2.45) is 17.8 Å². The third-order valence-electron chi connectivity index (χ3n) is 9.28. The molecule has 2 amide bonds. The van der Waals surface area contributed by atoms with Gasteiger partial charge in [0.1, 0.15) is 30.6 Å². The number of carbonyl (C=O) groups is 5. The molecule has 2 aromatic carbocycles. The Balaban J connectivity index is 1.71. The molecule has 56 heavy (non-hydrogen) atoms. The van der Waals surface area contributed by atoms with Gasteiger partial charge in [-0.15, -0.1) is 0 Å². The van der Waals surface area contributed by atoms with Crippen molar-refractivity contribution in [3.05, 3.63) is 89.5 Å². The average Bonchev–Trinajstić information content (AvgIpc) is 3.62. The summed E-state index contributed by atoms with van der Waals surface area (Å²) in [5.41, 5.74) is 1.42. The highest BCUT2D eigenvalue weighted by molar-refractivity contribution is 6.32. The molecule has 1 saturated heterocycles. The van der Waals surface area contributed by atoms with Gasteiger partial charge in [0.25, 0.3) is 6.48 Å². The lowest BCUT2D eigenvalue weighted by Gasteiger charge is -2.31. The van der Waals surface area contributed by atoms with Crippen molar-refractivity contribution in [1.29, 1.82) is 0 Å². The van der Waals surface area contributed by atoms with Gasteiger partial charge in [0.05, 0.1) is 30.6 Å². The van der Waals surface area contributed by atoms with Gasteiger partial charge in [-0.2, -0.15) is 0 Å². The van der Waals surface area contributed by atoms with Crippen LogP contribution in [0.15, 0.2) is 73.3 Å². The summed E-state index contributed by atoms with van der Waals surface area (Å²) in [6.45, 7) is 7.57. The molecule has 2 aliphatic rings. The third-order valence-corrected chi connectivity index (χ3v) is 9.58. The third kappa shape index (κ3) is 12.6. The number of benzene rings is 2. The van der Waals surface area contributed by atoms with Gasteiger partial charge in [-0.25, -0.2) is 4.79 Å². The highest BCUT2D eigenvalue weighted by Crippen LogP contribution is 2.39. The molecule has 0 spiro atoms. The molecule has 1 unspecified atom stereocenters. The van der Waals surface area contributed by atoms with E-state index in [1.807, 2.05) is 51.1 Å². The van der Waals surface area contributed by atoms with Gasteiger partial charge in [-0.05, 0) is 41.7 Å². The van der Waals surface area contributed by atoms with Crippen molar-refractivity contribution in [3.8, 4) is 5.75 Å². The Morgan fingerprint density at radius 2 is 1.77 bits per heavy atom. The Kier molecular flexibility index (Phi) is 16.9. The summed E-state index contributed by atoms with van der Waals surface area (Å²) in [7, 11) is 2.92. The number of ether oxygens (including phenoxy) is 7. The van der Waals surface area contributed by atoms with Crippen LogP contribution in [0.25, 0.3) is 0 Å². The number of carbonyl (C=O) groups excluding carboxylic acids is 5. The van der Waals surface area contributed by atoms with E-state index in [1.54, 1.807) is 18.2 Å². The lowest BCUT2D eigenvalue weighted by molar-refractivity contribution is -0.233. The minimum Gasteiger partial charge on any atom is -0.495 e. The second-order valence-electron chi connectivity index (χ2n) is 14.0. The minimum atomic E-state index is -1.37. The Bertz CT molecular complexity index is 1700. The van der Waals surface area contributed by atoms with Crippen molar-refractivity contribution in [3.63, 3.8) is 0 Å². The van der Waals surface area contributed by atoms with Crippen LogP contribution in [0, 0.1) is 17.8 Å². The van der Waals surface area contributed by atoms with Crippen LogP contribution in [-0.2, 0) is 58.8 Å². The highest BCUT2D eigenvalue weighted by Gasteiger charge is 2.44. The summed E-state index contributed by atoms with van der Waals surface area (Å²) < 4.78 is 39.9. The number of hydrogen-bond donors (Lipinski definition) is 2. The van der Waals surface area contributed by atoms with Gasteiger partial charge >= 0.3 is 17.9 Å². The zero-order valence-electron chi connectivity index (χ0n) is 32.3. The molecule has 2 aliphatic heterocycles. The second-order valence-corrected chi connectivity index (χ2v) is 14.4. The Morgan fingerprint density at radius 3 is 2.43 bits per heavy atom. The van der Waals surface area contributed by atoms with Crippen molar-refractivity contribution >= 4 is 41.3 Å². The average molecular weight is 799 g/mol. The van der Waals surface area contributed by atoms with Crippen molar-refractivity contribution in [1.82, 2.24) is 10.6 Å². The molecule has 0 bridgehead atoms. The quantitative estimate of drug-likeness (QED) is 0.162. The van der Waals surface area contributed by atoms with Crippen LogP contribution in [0.1, 0.15) is 57.3 Å². The Morgan fingerprint density at radius 1 is 1.02 bits per heavy atom. The van der Waals surface area contributed by atoms with Crippen LogP contribution >= 0.6 is 11.6 Å². The van der Waals surface area contributed by atoms with Crippen molar-refractivity contribution < 1.29 is 57.1 Å². The number of cyclic esters (lactones) is 2. The number of rotatable bonds is 13.